The maximum absolute atomic E-state index is 12.8. The summed E-state index contributed by atoms with van der Waals surface area (Å²) in [5.41, 5.74) is -2.10. The molecular weight excluding hydrogens is 269 g/mol. The molecular formula is C9H7F3N4O3. The lowest BCUT2D eigenvalue weighted by Gasteiger charge is -2.08. The quantitative estimate of drug-likeness (QED) is 0.909. The molecule has 2 rings (SSSR count). The van der Waals surface area contributed by atoms with Gasteiger partial charge in [-0.3, -0.25) is 0 Å². The second-order valence-corrected chi connectivity index (χ2v) is 3.68. The van der Waals surface area contributed by atoms with Crippen molar-refractivity contribution in [3.63, 3.8) is 0 Å². The van der Waals surface area contributed by atoms with Gasteiger partial charge in [-0.15, -0.1) is 5.10 Å². The van der Waals surface area contributed by atoms with Crippen molar-refractivity contribution in [2.24, 2.45) is 0 Å². The first kappa shape index (κ1) is 13.1. The third-order valence-electron chi connectivity index (χ3n) is 2.19. The van der Waals surface area contributed by atoms with E-state index >= 15 is 0 Å². The van der Waals surface area contributed by atoms with E-state index in [1.807, 2.05) is 0 Å². The summed E-state index contributed by atoms with van der Waals surface area (Å²) in [5, 5.41) is 18.4. The number of aryl methyl sites for hydroxylation is 1. The summed E-state index contributed by atoms with van der Waals surface area (Å²) in [6.45, 7) is 1.19. The standard InChI is InChI=1S/C9H7F3N4O3/c1-4-2-5(19-14-4)3-16-7(9(10,11)12)6(8(17)18)13-15-16/h2H,3H2,1H3,(H,17,18). The zero-order chi connectivity index (χ0) is 14.2. The fourth-order valence-corrected chi connectivity index (χ4v) is 1.49. The van der Waals surface area contributed by atoms with E-state index in [9.17, 15) is 18.0 Å². The van der Waals surface area contributed by atoms with E-state index in [0.717, 1.165) is 0 Å². The highest BCUT2D eigenvalue weighted by Crippen LogP contribution is 2.31. The number of halogens is 3. The third kappa shape index (κ3) is 2.56. The number of hydrogen-bond acceptors (Lipinski definition) is 5. The number of aromatic carboxylic acids is 1. The topological polar surface area (TPSA) is 94.0 Å². The van der Waals surface area contributed by atoms with Crippen LogP contribution in [0, 0.1) is 6.92 Å². The van der Waals surface area contributed by atoms with Gasteiger partial charge in [-0.25, -0.2) is 9.48 Å². The van der Waals surface area contributed by atoms with Crippen LogP contribution in [0.5, 0.6) is 0 Å². The molecule has 0 aliphatic heterocycles. The Labute approximate surface area is 103 Å². The zero-order valence-corrected chi connectivity index (χ0v) is 9.47. The SMILES string of the molecule is Cc1cc(Cn2nnc(C(=O)O)c2C(F)(F)F)on1. The molecule has 10 heteroatoms. The van der Waals surface area contributed by atoms with Gasteiger partial charge in [0.2, 0.25) is 5.69 Å². The second-order valence-electron chi connectivity index (χ2n) is 3.68. The predicted octanol–water partition coefficient (Wildman–Crippen LogP) is 1.34. The number of nitrogens with zero attached hydrogens (tertiary/aromatic N) is 4. The molecule has 0 aliphatic carbocycles. The maximum Gasteiger partial charge on any atom is 0.435 e. The maximum atomic E-state index is 12.8. The minimum Gasteiger partial charge on any atom is -0.476 e. The molecule has 0 saturated carbocycles. The van der Waals surface area contributed by atoms with Crippen LogP contribution in [-0.2, 0) is 12.7 Å². The van der Waals surface area contributed by atoms with Crippen molar-refractivity contribution in [3.05, 3.63) is 28.9 Å². The van der Waals surface area contributed by atoms with Crippen molar-refractivity contribution < 1.29 is 27.6 Å². The largest absolute Gasteiger partial charge is 0.476 e. The average molecular weight is 276 g/mol. The van der Waals surface area contributed by atoms with Gasteiger partial charge in [0.25, 0.3) is 0 Å². The van der Waals surface area contributed by atoms with Crippen molar-refractivity contribution in [1.29, 1.82) is 0 Å². The van der Waals surface area contributed by atoms with Crippen molar-refractivity contribution >= 4 is 5.97 Å². The molecule has 0 atom stereocenters. The van der Waals surface area contributed by atoms with Gasteiger partial charge in [0, 0.05) is 6.07 Å². The molecule has 0 radical (unpaired) electrons. The van der Waals surface area contributed by atoms with Crippen LogP contribution >= 0.6 is 0 Å². The van der Waals surface area contributed by atoms with Gasteiger partial charge in [-0.2, -0.15) is 13.2 Å². The van der Waals surface area contributed by atoms with Crippen LogP contribution in [0.2, 0.25) is 0 Å². The summed E-state index contributed by atoms with van der Waals surface area (Å²) in [6.07, 6.45) is -4.88. The molecule has 7 nitrogen and oxygen atoms in total. The molecule has 2 heterocycles. The molecule has 0 fully saturated rings. The lowest BCUT2D eigenvalue weighted by Crippen LogP contribution is -2.18. The number of carboxylic acid groups (broad SMARTS) is 1. The Morgan fingerprint density at radius 1 is 1.53 bits per heavy atom. The molecule has 0 bridgehead atoms. The van der Waals surface area contributed by atoms with Crippen LogP contribution in [0.4, 0.5) is 13.2 Å². The van der Waals surface area contributed by atoms with Gasteiger partial charge >= 0.3 is 12.1 Å². The average Bonchev–Trinajstić information content (AvgIpc) is 2.84. The molecule has 0 aromatic carbocycles. The fourth-order valence-electron chi connectivity index (χ4n) is 1.49. The Morgan fingerprint density at radius 2 is 2.21 bits per heavy atom. The molecule has 0 saturated heterocycles. The summed E-state index contributed by atoms with van der Waals surface area (Å²) in [5.74, 6) is -1.68. The smallest absolute Gasteiger partial charge is 0.435 e. The highest BCUT2D eigenvalue weighted by atomic mass is 19.4. The van der Waals surface area contributed by atoms with E-state index in [4.69, 9.17) is 9.63 Å². The Morgan fingerprint density at radius 3 is 2.68 bits per heavy atom. The fraction of sp³-hybridized carbons (Fsp3) is 0.333. The van der Waals surface area contributed by atoms with Crippen LogP contribution < -0.4 is 0 Å². The third-order valence-corrected chi connectivity index (χ3v) is 2.19. The van der Waals surface area contributed by atoms with Crippen LogP contribution in [0.3, 0.4) is 0 Å². The van der Waals surface area contributed by atoms with E-state index in [1.165, 1.54) is 6.07 Å². The normalized spacial score (nSPS) is 11.8. The van der Waals surface area contributed by atoms with E-state index in [-0.39, 0.29) is 5.76 Å². The number of carboxylic acids is 1. The van der Waals surface area contributed by atoms with E-state index < -0.39 is 30.1 Å². The van der Waals surface area contributed by atoms with Gasteiger partial charge < -0.3 is 9.63 Å². The van der Waals surface area contributed by atoms with Crippen molar-refractivity contribution in [2.75, 3.05) is 0 Å². The van der Waals surface area contributed by atoms with Gasteiger partial charge in [0.05, 0.1) is 5.69 Å². The molecule has 19 heavy (non-hydrogen) atoms. The summed E-state index contributed by atoms with van der Waals surface area (Å²) >= 11 is 0. The van der Waals surface area contributed by atoms with Crippen molar-refractivity contribution in [3.8, 4) is 0 Å². The summed E-state index contributed by atoms with van der Waals surface area (Å²) < 4.78 is 43.6. The number of alkyl halides is 3. The van der Waals surface area contributed by atoms with Crippen molar-refractivity contribution in [2.45, 2.75) is 19.6 Å². The Hall–Kier alpha value is -2.39. The zero-order valence-electron chi connectivity index (χ0n) is 9.47. The minimum absolute atomic E-state index is 0.116. The lowest BCUT2D eigenvalue weighted by molar-refractivity contribution is -0.144. The molecule has 0 spiro atoms. The first-order valence-corrected chi connectivity index (χ1v) is 4.95. The van der Waals surface area contributed by atoms with Crippen LogP contribution in [0.15, 0.2) is 10.6 Å². The van der Waals surface area contributed by atoms with Crippen LogP contribution in [0.1, 0.15) is 27.6 Å². The van der Waals surface area contributed by atoms with Crippen molar-refractivity contribution in [1.82, 2.24) is 20.2 Å². The predicted molar refractivity (Wildman–Crippen MR) is 52.3 cm³/mol. The second kappa shape index (κ2) is 4.37. The summed E-state index contributed by atoms with van der Waals surface area (Å²) in [4.78, 5) is 10.7. The van der Waals surface area contributed by atoms with Gasteiger partial charge in [-0.05, 0) is 6.92 Å². The van der Waals surface area contributed by atoms with E-state index in [2.05, 4.69) is 15.5 Å². The molecule has 102 valence electrons. The van der Waals surface area contributed by atoms with Crippen LogP contribution in [0.25, 0.3) is 0 Å². The minimum atomic E-state index is -4.88. The highest BCUT2D eigenvalue weighted by Gasteiger charge is 2.41. The number of rotatable bonds is 3. The molecule has 2 aromatic rings. The van der Waals surface area contributed by atoms with Gasteiger partial charge in [0.1, 0.15) is 6.54 Å². The van der Waals surface area contributed by atoms with E-state index in [0.29, 0.717) is 10.4 Å². The van der Waals surface area contributed by atoms with Gasteiger partial charge in [-0.1, -0.05) is 10.4 Å². The number of carbonyl (C=O) groups is 1. The Balaban J connectivity index is 2.43. The summed E-state index contributed by atoms with van der Waals surface area (Å²) in [6, 6.07) is 1.42. The van der Waals surface area contributed by atoms with E-state index in [1.54, 1.807) is 6.92 Å². The molecule has 1 N–H and O–H groups in total. The first-order chi connectivity index (χ1) is 8.79. The molecule has 0 unspecified atom stereocenters. The molecule has 2 aromatic heterocycles. The Bertz CT molecular complexity index is 616. The first-order valence-electron chi connectivity index (χ1n) is 4.95. The Kier molecular flexibility index (Phi) is 3.00. The molecule has 0 amide bonds. The van der Waals surface area contributed by atoms with Crippen LogP contribution in [-0.4, -0.2) is 31.2 Å². The monoisotopic (exact) mass is 276 g/mol. The highest BCUT2D eigenvalue weighted by molar-refractivity contribution is 5.86. The lowest BCUT2D eigenvalue weighted by atomic mass is 10.3. The van der Waals surface area contributed by atoms with Gasteiger partial charge in [0.15, 0.2) is 11.5 Å². The molecule has 0 aliphatic rings. The number of aromatic nitrogens is 4. The summed E-state index contributed by atoms with van der Waals surface area (Å²) in [7, 11) is 0. The number of hydrogen-bond donors (Lipinski definition) is 1.